The topological polar surface area (TPSA) is 116 Å². The van der Waals surface area contributed by atoms with E-state index in [0.717, 1.165) is 13.2 Å². The number of esters is 1. The van der Waals surface area contributed by atoms with Crippen molar-refractivity contribution in [3.63, 3.8) is 0 Å². The van der Waals surface area contributed by atoms with E-state index >= 15 is 0 Å². The van der Waals surface area contributed by atoms with Gasteiger partial charge in [0.15, 0.2) is 0 Å². The van der Waals surface area contributed by atoms with Crippen LogP contribution in [0.3, 0.4) is 0 Å². The van der Waals surface area contributed by atoms with Crippen molar-refractivity contribution in [2.24, 2.45) is 5.73 Å². The SMILES string of the molecule is C=CC(=O)OC(C)C(C)(C)N.COS(=O)(=O)O. The summed E-state index contributed by atoms with van der Waals surface area (Å²) in [6.45, 7) is 8.63. The van der Waals surface area contributed by atoms with Crippen molar-refractivity contribution in [1.82, 2.24) is 0 Å². The summed E-state index contributed by atoms with van der Waals surface area (Å²) >= 11 is 0. The lowest BCUT2D eigenvalue weighted by Gasteiger charge is -2.26. The number of hydrogen-bond acceptors (Lipinski definition) is 6. The van der Waals surface area contributed by atoms with E-state index in [1.54, 1.807) is 20.8 Å². The molecule has 0 aromatic carbocycles. The largest absolute Gasteiger partial charge is 0.458 e. The molecule has 3 N–H and O–H groups in total. The molecule has 0 aliphatic rings. The third-order valence-electron chi connectivity index (χ3n) is 1.72. The summed E-state index contributed by atoms with van der Waals surface area (Å²) in [4.78, 5) is 10.7. The second-order valence-electron chi connectivity index (χ2n) is 3.70. The van der Waals surface area contributed by atoms with Crippen LogP contribution in [-0.4, -0.2) is 37.7 Å². The smallest absolute Gasteiger partial charge is 0.397 e. The second kappa shape index (κ2) is 7.38. The Morgan fingerprint density at radius 3 is 2.06 bits per heavy atom. The van der Waals surface area contributed by atoms with Gasteiger partial charge in [-0.2, -0.15) is 8.42 Å². The summed E-state index contributed by atoms with van der Waals surface area (Å²) in [5.74, 6) is -0.434. The number of carbonyl (C=O) groups excluding carboxylic acids is 1. The van der Waals surface area contributed by atoms with Crippen molar-refractivity contribution < 1.29 is 26.7 Å². The third-order valence-corrected chi connectivity index (χ3v) is 2.14. The fourth-order valence-corrected chi connectivity index (χ4v) is 0.374. The number of nitrogens with two attached hydrogens (primary N) is 1. The van der Waals surface area contributed by atoms with Gasteiger partial charge in [0.1, 0.15) is 6.10 Å². The molecule has 0 heterocycles. The molecular weight excluding hydrogens is 250 g/mol. The fraction of sp³-hybridized carbons (Fsp3) is 0.667. The molecule has 8 heteroatoms. The zero-order valence-corrected chi connectivity index (χ0v) is 11.2. The maximum atomic E-state index is 10.7. The van der Waals surface area contributed by atoms with Crippen molar-refractivity contribution in [1.29, 1.82) is 0 Å². The van der Waals surface area contributed by atoms with Gasteiger partial charge in [-0.3, -0.25) is 8.74 Å². The van der Waals surface area contributed by atoms with Gasteiger partial charge in [0.2, 0.25) is 0 Å². The van der Waals surface area contributed by atoms with E-state index in [4.69, 9.17) is 15.0 Å². The van der Waals surface area contributed by atoms with Crippen molar-refractivity contribution in [3.8, 4) is 0 Å². The molecule has 0 amide bonds. The molecule has 0 aliphatic carbocycles. The third kappa shape index (κ3) is 13.0. The first-order valence-corrected chi connectivity index (χ1v) is 5.95. The van der Waals surface area contributed by atoms with E-state index in [0.29, 0.717) is 0 Å². The molecule has 0 aromatic rings. The van der Waals surface area contributed by atoms with E-state index in [2.05, 4.69) is 10.8 Å². The van der Waals surface area contributed by atoms with Gasteiger partial charge < -0.3 is 10.5 Å². The van der Waals surface area contributed by atoms with Gasteiger partial charge in [0, 0.05) is 11.6 Å². The Morgan fingerprint density at radius 2 is 1.88 bits per heavy atom. The summed E-state index contributed by atoms with van der Waals surface area (Å²) in [7, 11) is -3.29. The van der Waals surface area contributed by atoms with Crippen LogP contribution in [-0.2, 0) is 24.1 Å². The molecule has 0 saturated carbocycles. The van der Waals surface area contributed by atoms with Crippen LogP contribution in [0.5, 0.6) is 0 Å². The van der Waals surface area contributed by atoms with Gasteiger partial charge in [0.05, 0.1) is 7.11 Å². The summed E-state index contributed by atoms with van der Waals surface area (Å²) in [5, 5.41) is 0. The van der Waals surface area contributed by atoms with Crippen LogP contribution in [0.4, 0.5) is 0 Å². The molecule has 0 spiro atoms. The van der Waals surface area contributed by atoms with Gasteiger partial charge in [-0.15, -0.1) is 0 Å². The maximum Gasteiger partial charge on any atom is 0.397 e. The van der Waals surface area contributed by atoms with E-state index in [1.165, 1.54) is 0 Å². The highest BCUT2D eigenvalue weighted by molar-refractivity contribution is 7.80. The predicted octanol–water partition coefficient (Wildman–Crippen LogP) is 0.277. The van der Waals surface area contributed by atoms with E-state index in [9.17, 15) is 13.2 Å². The minimum atomic E-state index is -4.16. The van der Waals surface area contributed by atoms with Crippen LogP contribution < -0.4 is 5.73 Å². The maximum absolute atomic E-state index is 10.7. The Kier molecular flexibility index (Phi) is 7.99. The molecule has 0 fully saturated rings. The average molecular weight is 269 g/mol. The Morgan fingerprint density at radius 1 is 1.53 bits per heavy atom. The second-order valence-corrected chi connectivity index (χ2v) is 4.89. The number of ether oxygens (including phenoxy) is 1. The standard InChI is InChI=1S/C8H15NO2.CH4O4S/c1-5-7(10)11-6(2)8(3,4)9;1-5-6(2,3)4/h5-6H,1,9H2,2-4H3;1H3,(H,2,3,4). The van der Waals surface area contributed by atoms with Crippen LogP contribution >= 0.6 is 0 Å². The Bertz CT molecular complexity index is 343. The van der Waals surface area contributed by atoms with Gasteiger partial charge in [-0.05, 0) is 20.8 Å². The zero-order chi connectivity index (χ0) is 14.3. The number of carbonyl (C=O) groups is 1. The first-order chi connectivity index (χ1) is 7.44. The van der Waals surface area contributed by atoms with E-state index < -0.39 is 21.9 Å². The van der Waals surface area contributed by atoms with Crippen LogP contribution in [0.15, 0.2) is 12.7 Å². The number of hydrogen-bond donors (Lipinski definition) is 2. The molecule has 0 saturated heterocycles. The Balaban J connectivity index is 0. The first-order valence-electron chi connectivity index (χ1n) is 4.59. The highest BCUT2D eigenvalue weighted by atomic mass is 32.3. The van der Waals surface area contributed by atoms with Gasteiger partial charge in [0.25, 0.3) is 0 Å². The van der Waals surface area contributed by atoms with Crippen molar-refractivity contribution in [2.75, 3.05) is 7.11 Å². The minimum Gasteiger partial charge on any atom is -0.458 e. The molecule has 102 valence electrons. The van der Waals surface area contributed by atoms with Crippen molar-refractivity contribution in [3.05, 3.63) is 12.7 Å². The van der Waals surface area contributed by atoms with Crippen molar-refractivity contribution >= 4 is 16.4 Å². The molecule has 7 nitrogen and oxygen atoms in total. The normalized spacial score (nSPS) is 13.1. The van der Waals surface area contributed by atoms with Gasteiger partial charge >= 0.3 is 16.4 Å². The summed E-state index contributed by atoms with van der Waals surface area (Å²) in [5.41, 5.74) is 5.17. The molecule has 1 unspecified atom stereocenters. The fourth-order valence-electron chi connectivity index (χ4n) is 0.374. The van der Waals surface area contributed by atoms with Gasteiger partial charge in [-0.25, -0.2) is 4.79 Å². The first kappa shape index (κ1) is 18.4. The van der Waals surface area contributed by atoms with Crippen LogP contribution in [0.1, 0.15) is 20.8 Å². The monoisotopic (exact) mass is 269 g/mol. The minimum absolute atomic E-state index is 0.298. The summed E-state index contributed by atoms with van der Waals surface area (Å²) < 4.78 is 34.6. The molecule has 0 bridgehead atoms. The lowest BCUT2D eigenvalue weighted by atomic mass is 10.0. The van der Waals surface area contributed by atoms with Crippen LogP contribution in [0.2, 0.25) is 0 Å². The Labute approximate surface area is 102 Å². The molecule has 0 radical (unpaired) electrons. The molecular formula is C9H19NO6S. The Hall–Kier alpha value is -0.960. The molecule has 0 aromatic heterocycles. The van der Waals surface area contributed by atoms with Gasteiger partial charge in [-0.1, -0.05) is 6.58 Å². The van der Waals surface area contributed by atoms with Crippen LogP contribution in [0, 0.1) is 0 Å². The lowest BCUT2D eigenvalue weighted by molar-refractivity contribution is -0.144. The lowest BCUT2D eigenvalue weighted by Crippen LogP contribution is -2.45. The zero-order valence-electron chi connectivity index (χ0n) is 10.3. The molecule has 0 rings (SSSR count). The molecule has 0 aliphatic heterocycles. The van der Waals surface area contributed by atoms with E-state index in [-0.39, 0.29) is 6.10 Å². The number of rotatable bonds is 4. The molecule has 17 heavy (non-hydrogen) atoms. The quantitative estimate of drug-likeness (QED) is 0.427. The highest BCUT2D eigenvalue weighted by Gasteiger charge is 2.23. The average Bonchev–Trinajstić information content (AvgIpc) is 2.16. The summed E-state index contributed by atoms with van der Waals surface area (Å²) in [6, 6.07) is 0. The van der Waals surface area contributed by atoms with E-state index in [1.807, 2.05) is 0 Å². The van der Waals surface area contributed by atoms with Crippen molar-refractivity contribution in [2.45, 2.75) is 32.4 Å². The highest BCUT2D eigenvalue weighted by Crippen LogP contribution is 2.08. The predicted molar refractivity (Wildman–Crippen MR) is 62.6 cm³/mol. The summed E-state index contributed by atoms with van der Waals surface area (Å²) in [6.07, 6.45) is 0.829. The van der Waals surface area contributed by atoms with Crippen LogP contribution in [0.25, 0.3) is 0 Å². The molecule has 1 atom stereocenters.